The van der Waals surface area contributed by atoms with Gasteiger partial charge in [0.1, 0.15) is 0 Å². The van der Waals surface area contributed by atoms with Gasteiger partial charge in [-0.25, -0.2) is 4.98 Å². The minimum Gasteiger partial charge on any atom is -0.388 e. The highest BCUT2D eigenvalue weighted by atomic mass is 32.1. The Morgan fingerprint density at radius 1 is 1.53 bits per heavy atom. The smallest absolute Gasteiger partial charge is 0.0897 e. The largest absolute Gasteiger partial charge is 0.388 e. The van der Waals surface area contributed by atoms with E-state index in [4.69, 9.17) is 0 Å². The van der Waals surface area contributed by atoms with E-state index in [0.717, 1.165) is 30.0 Å². The van der Waals surface area contributed by atoms with Crippen molar-refractivity contribution in [1.82, 2.24) is 9.55 Å². The predicted octanol–water partition coefficient (Wildman–Crippen LogP) is 3.13. The van der Waals surface area contributed by atoms with Crippen LogP contribution in [0, 0.1) is 6.92 Å². The molecule has 17 heavy (non-hydrogen) atoms. The van der Waals surface area contributed by atoms with Crippen LogP contribution < -0.4 is 0 Å². The summed E-state index contributed by atoms with van der Waals surface area (Å²) in [6.07, 6.45) is 7.45. The van der Waals surface area contributed by atoms with Crippen LogP contribution in [0.2, 0.25) is 0 Å². The van der Waals surface area contributed by atoms with E-state index in [9.17, 15) is 5.11 Å². The maximum atomic E-state index is 9.88. The third-order valence-corrected chi connectivity index (χ3v) is 3.63. The quantitative estimate of drug-likeness (QED) is 0.885. The van der Waals surface area contributed by atoms with Crippen LogP contribution in [0.15, 0.2) is 24.7 Å². The van der Waals surface area contributed by atoms with Crippen LogP contribution in [-0.2, 0) is 6.54 Å². The predicted molar refractivity (Wildman–Crippen MR) is 70.3 cm³/mol. The van der Waals surface area contributed by atoms with Gasteiger partial charge >= 0.3 is 0 Å². The second kappa shape index (κ2) is 5.47. The van der Waals surface area contributed by atoms with Crippen molar-refractivity contribution >= 4 is 11.3 Å². The van der Waals surface area contributed by atoms with Gasteiger partial charge in [0.2, 0.25) is 0 Å². The molecule has 0 saturated heterocycles. The Bertz CT molecular complexity index is 475. The first-order chi connectivity index (χ1) is 8.19. The topological polar surface area (TPSA) is 38.0 Å². The lowest BCUT2D eigenvalue weighted by Gasteiger charge is -2.06. The van der Waals surface area contributed by atoms with Gasteiger partial charge in [-0.15, -0.1) is 11.3 Å². The number of nitrogens with zero attached hydrogens (tertiary/aromatic N) is 2. The molecule has 2 rings (SSSR count). The molecule has 1 N–H and O–H groups in total. The number of hydrogen-bond acceptors (Lipinski definition) is 3. The zero-order valence-corrected chi connectivity index (χ0v) is 11.1. The molecule has 0 fully saturated rings. The van der Waals surface area contributed by atoms with E-state index in [1.807, 2.05) is 31.6 Å². The maximum Gasteiger partial charge on any atom is 0.0897 e. The summed E-state index contributed by atoms with van der Waals surface area (Å²) in [4.78, 5) is 5.48. The molecule has 0 saturated carbocycles. The van der Waals surface area contributed by atoms with Gasteiger partial charge in [0.25, 0.3) is 0 Å². The molecule has 2 aromatic heterocycles. The molecule has 2 heterocycles. The number of hydrogen-bond donors (Lipinski definition) is 1. The summed E-state index contributed by atoms with van der Waals surface area (Å²) in [6, 6.07) is 1.99. The van der Waals surface area contributed by atoms with Crippen LogP contribution >= 0.6 is 11.3 Å². The molecule has 0 aliphatic heterocycles. The fourth-order valence-electron chi connectivity index (χ4n) is 1.85. The second-order valence-electron chi connectivity index (χ2n) is 4.27. The third-order valence-electron chi connectivity index (χ3n) is 2.73. The fraction of sp³-hybridized carbons (Fsp3) is 0.462. The highest BCUT2D eigenvalue weighted by Crippen LogP contribution is 2.20. The Morgan fingerprint density at radius 3 is 3.00 bits per heavy atom. The SMILES string of the molecule is CCCC(O)c1ccn(Cc2cnc(C)s2)c1. The van der Waals surface area contributed by atoms with Crippen LogP contribution in [-0.4, -0.2) is 14.7 Å². The summed E-state index contributed by atoms with van der Waals surface area (Å²) < 4.78 is 2.10. The zero-order valence-electron chi connectivity index (χ0n) is 10.3. The van der Waals surface area contributed by atoms with Crippen molar-refractivity contribution in [2.24, 2.45) is 0 Å². The summed E-state index contributed by atoms with van der Waals surface area (Å²) >= 11 is 1.72. The Morgan fingerprint density at radius 2 is 2.35 bits per heavy atom. The average Bonchev–Trinajstić information content (AvgIpc) is 2.89. The molecule has 2 aromatic rings. The minimum atomic E-state index is -0.329. The number of aromatic nitrogens is 2. The van der Waals surface area contributed by atoms with E-state index in [1.54, 1.807) is 11.3 Å². The standard InChI is InChI=1S/C13H18N2OS/c1-3-4-13(16)11-5-6-15(8-11)9-12-7-14-10(2)17-12/h5-8,13,16H,3-4,9H2,1-2H3. The molecule has 0 amide bonds. The average molecular weight is 250 g/mol. The van der Waals surface area contributed by atoms with Crippen LogP contribution in [0.25, 0.3) is 0 Å². The lowest BCUT2D eigenvalue weighted by molar-refractivity contribution is 0.166. The van der Waals surface area contributed by atoms with E-state index < -0.39 is 0 Å². The minimum absolute atomic E-state index is 0.329. The monoisotopic (exact) mass is 250 g/mol. The number of rotatable bonds is 5. The molecule has 0 bridgehead atoms. The number of aliphatic hydroxyl groups excluding tert-OH is 1. The van der Waals surface area contributed by atoms with E-state index >= 15 is 0 Å². The van der Waals surface area contributed by atoms with Gasteiger partial charge in [0, 0.05) is 23.5 Å². The Hall–Kier alpha value is -1.13. The lowest BCUT2D eigenvalue weighted by Crippen LogP contribution is -1.97. The Labute approximate surface area is 106 Å². The molecule has 0 spiro atoms. The first kappa shape index (κ1) is 12.3. The van der Waals surface area contributed by atoms with Crippen molar-refractivity contribution in [3.05, 3.63) is 40.1 Å². The summed E-state index contributed by atoms with van der Waals surface area (Å²) in [5, 5.41) is 11.0. The van der Waals surface area contributed by atoms with Crippen molar-refractivity contribution < 1.29 is 5.11 Å². The summed E-state index contributed by atoms with van der Waals surface area (Å²) in [5.41, 5.74) is 1.01. The Kier molecular flexibility index (Phi) is 3.97. The number of aliphatic hydroxyl groups is 1. The zero-order chi connectivity index (χ0) is 12.3. The van der Waals surface area contributed by atoms with Crippen LogP contribution in [0.1, 0.15) is 41.3 Å². The molecule has 1 atom stereocenters. The van der Waals surface area contributed by atoms with Gasteiger partial charge in [0.05, 0.1) is 17.7 Å². The highest BCUT2D eigenvalue weighted by Gasteiger charge is 2.08. The van der Waals surface area contributed by atoms with Gasteiger partial charge in [-0.1, -0.05) is 13.3 Å². The van der Waals surface area contributed by atoms with Crippen molar-refractivity contribution in [3.63, 3.8) is 0 Å². The van der Waals surface area contributed by atoms with Crippen molar-refractivity contribution in [1.29, 1.82) is 0 Å². The molecule has 0 aliphatic rings. The first-order valence-corrected chi connectivity index (χ1v) is 6.75. The fourth-order valence-corrected chi connectivity index (χ4v) is 2.66. The van der Waals surface area contributed by atoms with Crippen LogP contribution in [0.3, 0.4) is 0 Å². The molecule has 0 aliphatic carbocycles. The number of thiazole rings is 1. The molecule has 0 radical (unpaired) electrons. The van der Waals surface area contributed by atoms with Crippen LogP contribution in [0.4, 0.5) is 0 Å². The van der Waals surface area contributed by atoms with Gasteiger partial charge < -0.3 is 9.67 Å². The van der Waals surface area contributed by atoms with E-state index in [-0.39, 0.29) is 6.10 Å². The van der Waals surface area contributed by atoms with Gasteiger partial charge in [0.15, 0.2) is 0 Å². The molecule has 0 aromatic carbocycles. The summed E-state index contributed by atoms with van der Waals surface area (Å²) in [6.45, 7) is 4.94. The molecular weight excluding hydrogens is 232 g/mol. The first-order valence-electron chi connectivity index (χ1n) is 5.94. The summed E-state index contributed by atoms with van der Waals surface area (Å²) in [5.74, 6) is 0. The molecule has 4 heteroatoms. The molecular formula is C13H18N2OS. The molecule has 1 unspecified atom stereocenters. The van der Waals surface area contributed by atoms with E-state index in [2.05, 4.69) is 16.5 Å². The third kappa shape index (κ3) is 3.17. The molecule has 92 valence electrons. The molecule has 3 nitrogen and oxygen atoms in total. The van der Waals surface area contributed by atoms with Crippen molar-refractivity contribution in [3.8, 4) is 0 Å². The number of aryl methyl sites for hydroxylation is 1. The highest BCUT2D eigenvalue weighted by molar-refractivity contribution is 7.11. The van der Waals surface area contributed by atoms with Gasteiger partial charge in [-0.3, -0.25) is 0 Å². The summed E-state index contributed by atoms with van der Waals surface area (Å²) in [7, 11) is 0. The Balaban J connectivity index is 2.03. The second-order valence-corrected chi connectivity index (χ2v) is 5.59. The normalized spacial score (nSPS) is 12.9. The van der Waals surface area contributed by atoms with Crippen LogP contribution in [0.5, 0.6) is 0 Å². The van der Waals surface area contributed by atoms with Gasteiger partial charge in [-0.2, -0.15) is 0 Å². The lowest BCUT2D eigenvalue weighted by atomic mass is 10.1. The van der Waals surface area contributed by atoms with Crippen molar-refractivity contribution in [2.75, 3.05) is 0 Å². The van der Waals surface area contributed by atoms with Crippen molar-refractivity contribution in [2.45, 2.75) is 39.3 Å². The maximum absolute atomic E-state index is 9.88. The van der Waals surface area contributed by atoms with Gasteiger partial charge in [-0.05, 0) is 25.0 Å². The van der Waals surface area contributed by atoms with E-state index in [1.165, 1.54) is 4.88 Å². The van der Waals surface area contributed by atoms with E-state index in [0.29, 0.717) is 0 Å².